The van der Waals surface area contributed by atoms with Crippen LogP contribution in [0.2, 0.25) is 0 Å². The molecule has 4 nitrogen and oxygen atoms in total. The van der Waals surface area contributed by atoms with Gasteiger partial charge in [0.05, 0.1) is 6.61 Å². The molecule has 94 valence electrons. The van der Waals surface area contributed by atoms with Gasteiger partial charge in [0.1, 0.15) is 5.75 Å². The molecule has 0 fully saturated rings. The lowest BCUT2D eigenvalue weighted by molar-refractivity contribution is -0.116. The number of nitrogens with two attached hydrogens (primary N) is 1. The van der Waals surface area contributed by atoms with E-state index in [9.17, 15) is 4.79 Å². The molecule has 1 aromatic carbocycles. The maximum Gasteiger partial charge on any atom is 0.225 e. The molecule has 0 aliphatic heterocycles. The number of rotatable bonds is 7. The Kier molecular flexibility index (Phi) is 6.10. The van der Waals surface area contributed by atoms with Crippen molar-refractivity contribution in [1.29, 1.82) is 0 Å². The van der Waals surface area contributed by atoms with Crippen molar-refractivity contribution >= 4 is 11.6 Å². The molecule has 0 heterocycles. The highest BCUT2D eigenvalue weighted by atomic mass is 16.5. The van der Waals surface area contributed by atoms with Gasteiger partial charge in [-0.15, -0.1) is 0 Å². The van der Waals surface area contributed by atoms with E-state index in [1.807, 2.05) is 24.3 Å². The second-order valence-corrected chi connectivity index (χ2v) is 3.82. The minimum Gasteiger partial charge on any atom is -0.494 e. The van der Waals surface area contributed by atoms with Crippen LogP contribution in [0.15, 0.2) is 24.3 Å². The number of carbonyl (C=O) groups is 1. The summed E-state index contributed by atoms with van der Waals surface area (Å²) in [4.78, 5) is 11.4. The number of unbranched alkanes of at least 4 members (excludes halogenated alkanes) is 1. The topological polar surface area (TPSA) is 64.3 Å². The van der Waals surface area contributed by atoms with Crippen LogP contribution in [0.3, 0.4) is 0 Å². The average Bonchev–Trinajstić information content (AvgIpc) is 2.30. The number of carbonyl (C=O) groups excluding carboxylic acids is 1. The van der Waals surface area contributed by atoms with Crippen molar-refractivity contribution in [3.8, 4) is 5.75 Å². The molecule has 0 bridgehead atoms. The summed E-state index contributed by atoms with van der Waals surface area (Å²) in [6.07, 6.45) is 2.47. The molecule has 0 aromatic heterocycles. The van der Waals surface area contributed by atoms with Gasteiger partial charge in [0, 0.05) is 24.7 Å². The van der Waals surface area contributed by atoms with Crippen LogP contribution in [0.5, 0.6) is 5.75 Å². The number of hydrogen-bond acceptors (Lipinski definition) is 3. The quantitative estimate of drug-likeness (QED) is 0.713. The van der Waals surface area contributed by atoms with E-state index in [-0.39, 0.29) is 5.91 Å². The molecule has 3 N–H and O–H groups in total. The van der Waals surface area contributed by atoms with Crippen LogP contribution in [0.1, 0.15) is 26.2 Å². The Bertz CT molecular complexity index is 353. The largest absolute Gasteiger partial charge is 0.494 e. The van der Waals surface area contributed by atoms with Crippen molar-refractivity contribution in [2.75, 3.05) is 18.5 Å². The summed E-state index contributed by atoms with van der Waals surface area (Å²) >= 11 is 0. The first kappa shape index (κ1) is 13.5. The molecular weight excluding hydrogens is 216 g/mol. The van der Waals surface area contributed by atoms with Crippen LogP contribution in [-0.4, -0.2) is 19.1 Å². The van der Waals surface area contributed by atoms with Gasteiger partial charge in [0.15, 0.2) is 0 Å². The number of hydrogen-bond donors (Lipinski definition) is 2. The molecule has 0 atom stereocenters. The highest BCUT2D eigenvalue weighted by molar-refractivity contribution is 5.90. The number of nitrogens with one attached hydrogen (secondary N) is 1. The Labute approximate surface area is 102 Å². The zero-order valence-electron chi connectivity index (χ0n) is 10.2. The SMILES string of the molecule is CCCCOc1cccc(NC(=O)CCN)c1. The van der Waals surface area contributed by atoms with Crippen molar-refractivity contribution in [2.45, 2.75) is 26.2 Å². The normalized spacial score (nSPS) is 10.0. The second-order valence-electron chi connectivity index (χ2n) is 3.82. The zero-order chi connectivity index (χ0) is 12.5. The van der Waals surface area contributed by atoms with Gasteiger partial charge >= 0.3 is 0 Å². The van der Waals surface area contributed by atoms with Crippen molar-refractivity contribution in [2.24, 2.45) is 5.73 Å². The van der Waals surface area contributed by atoms with Gasteiger partial charge in [-0.3, -0.25) is 4.79 Å². The third-order valence-corrected chi connectivity index (χ3v) is 2.26. The average molecular weight is 236 g/mol. The number of benzene rings is 1. The van der Waals surface area contributed by atoms with Crippen LogP contribution in [0.25, 0.3) is 0 Å². The van der Waals surface area contributed by atoms with E-state index in [1.54, 1.807) is 0 Å². The molecule has 0 saturated carbocycles. The van der Waals surface area contributed by atoms with Gasteiger partial charge in [-0.1, -0.05) is 19.4 Å². The third-order valence-electron chi connectivity index (χ3n) is 2.26. The smallest absolute Gasteiger partial charge is 0.225 e. The predicted octanol–water partition coefficient (Wildman–Crippen LogP) is 2.15. The molecule has 1 aromatic rings. The van der Waals surface area contributed by atoms with Crippen molar-refractivity contribution in [1.82, 2.24) is 0 Å². The predicted molar refractivity (Wildman–Crippen MR) is 69.1 cm³/mol. The Balaban J connectivity index is 2.50. The fourth-order valence-electron chi connectivity index (χ4n) is 1.35. The summed E-state index contributed by atoms with van der Waals surface area (Å²) in [5, 5.41) is 2.77. The highest BCUT2D eigenvalue weighted by Gasteiger charge is 2.01. The lowest BCUT2D eigenvalue weighted by Crippen LogP contribution is -2.16. The molecular formula is C13H20N2O2. The van der Waals surface area contributed by atoms with Crippen LogP contribution < -0.4 is 15.8 Å². The summed E-state index contributed by atoms with van der Waals surface area (Å²) in [6, 6.07) is 7.40. The monoisotopic (exact) mass is 236 g/mol. The maximum atomic E-state index is 11.4. The highest BCUT2D eigenvalue weighted by Crippen LogP contribution is 2.17. The minimum atomic E-state index is -0.0711. The Morgan fingerprint density at radius 2 is 2.29 bits per heavy atom. The third kappa shape index (κ3) is 5.36. The summed E-state index contributed by atoms with van der Waals surface area (Å²) in [6.45, 7) is 3.18. The summed E-state index contributed by atoms with van der Waals surface area (Å²) < 4.78 is 5.55. The zero-order valence-corrected chi connectivity index (χ0v) is 10.2. The van der Waals surface area contributed by atoms with E-state index in [2.05, 4.69) is 12.2 Å². The van der Waals surface area contributed by atoms with Gasteiger partial charge in [0.2, 0.25) is 5.91 Å². The van der Waals surface area contributed by atoms with Gasteiger partial charge in [-0.05, 0) is 18.6 Å². The van der Waals surface area contributed by atoms with Crippen LogP contribution in [-0.2, 0) is 4.79 Å². The van der Waals surface area contributed by atoms with Gasteiger partial charge in [-0.25, -0.2) is 0 Å². The van der Waals surface area contributed by atoms with E-state index in [1.165, 1.54) is 0 Å². The molecule has 0 aliphatic carbocycles. The molecule has 17 heavy (non-hydrogen) atoms. The molecule has 1 amide bonds. The molecule has 0 aliphatic rings. The summed E-state index contributed by atoms with van der Waals surface area (Å²) in [5.74, 6) is 0.710. The molecule has 1 rings (SSSR count). The van der Waals surface area contributed by atoms with Crippen LogP contribution >= 0.6 is 0 Å². The first-order chi connectivity index (χ1) is 8.26. The lowest BCUT2D eigenvalue weighted by atomic mass is 10.3. The van der Waals surface area contributed by atoms with Crippen molar-refractivity contribution in [3.05, 3.63) is 24.3 Å². The second kappa shape index (κ2) is 7.68. The van der Waals surface area contributed by atoms with Gasteiger partial charge < -0.3 is 15.8 Å². The fourth-order valence-corrected chi connectivity index (χ4v) is 1.35. The fraction of sp³-hybridized carbons (Fsp3) is 0.462. The van der Waals surface area contributed by atoms with E-state index in [0.29, 0.717) is 19.6 Å². The number of amides is 1. The maximum absolute atomic E-state index is 11.4. The number of ether oxygens (including phenoxy) is 1. The van der Waals surface area contributed by atoms with Crippen molar-refractivity contribution in [3.63, 3.8) is 0 Å². The lowest BCUT2D eigenvalue weighted by Gasteiger charge is -2.08. The Morgan fingerprint density at radius 1 is 1.47 bits per heavy atom. The first-order valence-corrected chi connectivity index (χ1v) is 5.99. The standard InChI is InChI=1S/C13H20N2O2/c1-2-3-9-17-12-6-4-5-11(10-12)15-13(16)7-8-14/h4-6,10H,2-3,7-9,14H2,1H3,(H,15,16). The van der Waals surface area contributed by atoms with E-state index >= 15 is 0 Å². The van der Waals surface area contributed by atoms with Gasteiger partial charge in [0.25, 0.3) is 0 Å². The number of anilines is 1. The molecule has 4 heteroatoms. The minimum absolute atomic E-state index is 0.0711. The molecule has 0 unspecified atom stereocenters. The van der Waals surface area contributed by atoms with Crippen LogP contribution in [0.4, 0.5) is 5.69 Å². The molecule has 0 radical (unpaired) electrons. The van der Waals surface area contributed by atoms with Gasteiger partial charge in [-0.2, -0.15) is 0 Å². The molecule has 0 spiro atoms. The van der Waals surface area contributed by atoms with E-state index in [0.717, 1.165) is 24.3 Å². The summed E-state index contributed by atoms with van der Waals surface area (Å²) in [7, 11) is 0. The van der Waals surface area contributed by atoms with Crippen molar-refractivity contribution < 1.29 is 9.53 Å². The Hall–Kier alpha value is -1.55. The first-order valence-electron chi connectivity index (χ1n) is 5.99. The summed E-state index contributed by atoms with van der Waals surface area (Å²) in [5.41, 5.74) is 6.06. The van der Waals surface area contributed by atoms with Crippen LogP contribution in [0, 0.1) is 0 Å². The molecule has 0 saturated heterocycles. The Morgan fingerprint density at radius 3 is 3.00 bits per heavy atom. The van der Waals surface area contributed by atoms with E-state index in [4.69, 9.17) is 10.5 Å². The van der Waals surface area contributed by atoms with E-state index < -0.39 is 0 Å².